The van der Waals surface area contributed by atoms with Gasteiger partial charge in [0.2, 0.25) is 5.95 Å². The number of nitrogens with one attached hydrogen (secondary N) is 1. The molecular weight excluding hydrogens is 427 g/mol. The van der Waals surface area contributed by atoms with Crippen LogP contribution < -0.4 is 10.1 Å². The van der Waals surface area contributed by atoms with Gasteiger partial charge in [-0.15, -0.1) is 13.2 Å². The molecule has 1 aromatic heterocycles. The molecule has 0 radical (unpaired) electrons. The highest BCUT2D eigenvalue weighted by Crippen LogP contribution is 2.46. The molecule has 0 aliphatic heterocycles. The number of hydrogen-bond donors (Lipinski definition) is 1. The molecule has 2 atom stereocenters. The van der Waals surface area contributed by atoms with Crippen LogP contribution in [0.25, 0.3) is 11.0 Å². The number of aromatic nitrogens is 2. The lowest BCUT2D eigenvalue weighted by Crippen LogP contribution is -2.29. The Morgan fingerprint density at radius 3 is 2.39 bits per heavy atom. The van der Waals surface area contributed by atoms with Gasteiger partial charge in [0.1, 0.15) is 5.75 Å². The molecule has 2 aromatic carbocycles. The Hall–Kier alpha value is -2.70. The second-order valence-corrected chi connectivity index (χ2v) is 10.5. The van der Waals surface area contributed by atoms with Crippen LogP contribution in [0.4, 0.5) is 24.8 Å². The lowest BCUT2D eigenvalue weighted by atomic mass is 9.70. The second kappa shape index (κ2) is 8.58. The standard InChI is InChI=1S/C26H32F3N3O/c1-16(2)18-6-8-19(9-7-18)30-24-31-22-11-10-21(33-26(27,28)29)13-23(22)32(24)20-12-17(3)14-25(4,5)15-20/h6-11,13,16-17,20H,12,14-15H2,1-5H3,(H,30,31)/t17-,20+/m0/s1. The minimum Gasteiger partial charge on any atom is -0.406 e. The van der Waals surface area contributed by atoms with E-state index in [9.17, 15) is 13.2 Å². The summed E-state index contributed by atoms with van der Waals surface area (Å²) in [6.45, 7) is 11.0. The maximum Gasteiger partial charge on any atom is 0.573 e. The van der Waals surface area contributed by atoms with Crippen molar-refractivity contribution in [2.24, 2.45) is 11.3 Å². The Bertz CT molecular complexity index is 1120. The summed E-state index contributed by atoms with van der Waals surface area (Å²) in [7, 11) is 0. The number of imidazole rings is 1. The number of ether oxygens (including phenoxy) is 1. The quantitative estimate of drug-likeness (QED) is 0.418. The van der Waals surface area contributed by atoms with Crippen LogP contribution in [0.5, 0.6) is 5.75 Å². The third kappa shape index (κ3) is 5.45. The van der Waals surface area contributed by atoms with Crippen LogP contribution in [0.15, 0.2) is 42.5 Å². The molecule has 178 valence electrons. The molecule has 1 aliphatic carbocycles. The largest absolute Gasteiger partial charge is 0.573 e. The van der Waals surface area contributed by atoms with Gasteiger partial charge in [0.05, 0.1) is 11.0 Å². The van der Waals surface area contributed by atoms with E-state index in [0.29, 0.717) is 28.8 Å². The first kappa shape index (κ1) is 23.5. The van der Waals surface area contributed by atoms with Crippen molar-refractivity contribution < 1.29 is 17.9 Å². The van der Waals surface area contributed by atoms with Crippen LogP contribution in [0.2, 0.25) is 0 Å². The average molecular weight is 460 g/mol. The summed E-state index contributed by atoms with van der Waals surface area (Å²) in [5, 5.41) is 3.42. The summed E-state index contributed by atoms with van der Waals surface area (Å²) in [5.41, 5.74) is 3.56. The molecule has 33 heavy (non-hydrogen) atoms. The fraction of sp³-hybridized carbons (Fsp3) is 0.500. The zero-order valence-electron chi connectivity index (χ0n) is 19.8. The summed E-state index contributed by atoms with van der Waals surface area (Å²) in [6, 6.07) is 12.7. The number of fused-ring (bicyclic) bond motifs is 1. The fourth-order valence-electron chi connectivity index (χ4n) is 5.30. The van der Waals surface area contributed by atoms with Gasteiger partial charge in [-0.3, -0.25) is 0 Å². The molecule has 1 saturated carbocycles. The molecule has 4 nitrogen and oxygen atoms in total. The predicted molar refractivity (Wildman–Crippen MR) is 126 cm³/mol. The minimum atomic E-state index is -4.74. The molecule has 0 spiro atoms. The Labute approximate surface area is 193 Å². The van der Waals surface area contributed by atoms with Crippen LogP contribution in [-0.4, -0.2) is 15.9 Å². The van der Waals surface area contributed by atoms with Gasteiger partial charge in [0, 0.05) is 17.8 Å². The molecular formula is C26H32F3N3O. The molecule has 0 unspecified atom stereocenters. The zero-order chi connectivity index (χ0) is 24.0. The number of nitrogens with zero attached hydrogens (tertiary/aromatic N) is 2. The monoisotopic (exact) mass is 459 g/mol. The third-order valence-corrected chi connectivity index (χ3v) is 6.46. The number of halogens is 3. The molecule has 0 saturated heterocycles. The molecule has 7 heteroatoms. The van der Waals surface area contributed by atoms with Gasteiger partial charge in [0.15, 0.2) is 0 Å². The van der Waals surface area contributed by atoms with Crippen molar-refractivity contribution in [2.75, 3.05) is 5.32 Å². The average Bonchev–Trinajstić information content (AvgIpc) is 3.02. The van der Waals surface area contributed by atoms with Gasteiger partial charge < -0.3 is 14.6 Å². The number of hydrogen-bond acceptors (Lipinski definition) is 3. The zero-order valence-corrected chi connectivity index (χ0v) is 19.8. The van der Waals surface area contributed by atoms with Gasteiger partial charge >= 0.3 is 6.36 Å². The molecule has 4 rings (SSSR count). The molecule has 1 fully saturated rings. The minimum absolute atomic E-state index is 0.118. The normalized spacial score (nSPS) is 20.9. The summed E-state index contributed by atoms with van der Waals surface area (Å²) in [4.78, 5) is 4.77. The van der Waals surface area contributed by atoms with Crippen molar-refractivity contribution in [3.63, 3.8) is 0 Å². The Kier molecular flexibility index (Phi) is 6.10. The van der Waals surface area contributed by atoms with Gasteiger partial charge in [-0.2, -0.15) is 0 Å². The van der Waals surface area contributed by atoms with Gasteiger partial charge in [-0.05, 0) is 66.3 Å². The number of benzene rings is 2. The first-order chi connectivity index (χ1) is 15.4. The summed E-state index contributed by atoms with van der Waals surface area (Å²) in [5.74, 6) is 1.35. The predicted octanol–water partition coefficient (Wildman–Crippen LogP) is 8.19. The van der Waals surface area contributed by atoms with E-state index in [2.05, 4.69) is 61.4 Å². The van der Waals surface area contributed by atoms with Crippen LogP contribution >= 0.6 is 0 Å². The first-order valence-electron chi connectivity index (χ1n) is 11.5. The summed E-state index contributed by atoms with van der Waals surface area (Å²) >= 11 is 0. The second-order valence-electron chi connectivity index (χ2n) is 10.5. The van der Waals surface area contributed by atoms with Gasteiger partial charge in [-0.25, -0.2) is 4.98 Å². The van der Waals surface area contributed by atoms with Crippen molar-refractivity contribution in [2.45, 2.75) is 72.2 Å². The van der Waals surface area contributed by atoms with E-state index in [-0.39, 0.29) is 17.2 Å². The molecule has 1 aliphatic rings. The van der Waals surface area contributed by atoms with E-state index in [1.807, 2.05) is 12.1 Å². The lowest BCUT2D eigenvalue weighted by Gasteiger charge is -2.40. The highest BCUT2D eigenvalue weighted by molar-refractivity contribution is 5.81. The Morgan fingerprint density at radius 1 is 1.09 bits per heavy atom. The van der Waals surface area contributed by atoms with E-state index < -0.39 is 6.36 Å². The van der Waals surface area contributed by atoms with E-state index in [4.69, 9.17) is 4.98 Å². The van der Waals surface area contributed by atoms with Gasteiger partial charge in [0.25, 0.3) is 0 Å². The maximum absolute atomic E-state index is 12.9. The third-order valence-electron chi connectivity index (χ3n) is 6.46. The van der Waals surface area contributed by atoms with Crippen LogP contribution in [0.1, 0.15) is 71.4 Å². The molecule has 0 bridgehead atoms. The van der Waals surface area contributed by atoms with Crippen molar-refractivity contribution in [3.8, 4) is 5.75 Å². The van der Waals surface area contributed by atoms with Gasteiger partial charge in [-0.1, -0.05) is 46.8 Å². The Balaban J connectivity index is 1.78. The molecule has 3 aromatic rings. The van der Waals surface area contributed by atoms with Crippen molar-refractivity contribution >= 4 is 22.7 Å². The van der Waals surface area contributed by atoms with E-state index >= 15 is 0 Å². The molecule has 0 amide bonds. The van der Waals surface area contributed by atoms with Crippen molar-refractivity contribution in [3.05, 3.63) is 48.0 Å². The maximum atomic E-state index is 12.9. The number of alkyl halides is 3. The first-order valence-corrected chi connectivity index (χ1v) is 11.5. The van der Waals surface area contributed by atoms with Crippen molar-refractivity contribution in [1.29, 1.82) is 0 Å². The smallest absolute Gasteiger partial charge is 0.406 e. The van der Waals surface area contributed by atoms with Crippen LogP contribution in [0.3, 0.4) is 0 Å². The molecule has 1 heterocycles. The highest BCUT2D eigenvalue weighted by atomic mass is 19.4. The molecule has 1 N–H and O–H groups in total. The van der Waals surface area contributed by atoms with Crippen LogP contribution in [0, 0.1) is 11.3 Å². The Morgan fingerprint density at radius 2 is 1.79 bits per heavy atom. The number of rotatable bonds is 5. The van der Waals surface area contributed by atoms with E-state index in [1.165, 1.54) is 17.7 Å². The van der Waals surface area contributed by atoms with Crippen LogP contribution in [-0.2, 0) is 0 Å². The fourth-order valence-corrected chi connectivity index (χ4v) is 5.30. The SMILES string of the molecule is CC(C)c1ccc(Nc2nc3ccc(OC(F)(F)F)cc3n2[C@@H]2C[C@H](C)CC(C)(C)C2)cc1. The highest BCUT2D eigenvalue weighted by Gasteiger charge is 2.35. The summed E-state index contributed by atoms with van der Waals surface area (Å²) < 4.78 is 44.9. The number of anilines is 2. The van der Waals surface area contributed by atoms with Crippen molar-refractivity contribution in [1.82, 2.24) is 9.55 Å². The van der Waals surface area contributed by atoms with E-state index in [0.717, 1.165) is 24.9 Å². The summed E-state index contributed by atoms with van der Waals surface area (Å²) in [6.07, 6.45) is -1.74. The van der Waals surface area contributed by atoms with E-state index in [1.54, 1.807) is 6.07 Å². The topological polar surface area (TPSA) is 39.1 Å². The lowest BCUT2D eigenvalue weighted by molar-refractivity contribution is -0.274.